The van der Waals surface area contributed by atoms with E-state index < -0.39 is 0 Å². The Hall–Kier alpha value is -2.04. The van der Waals surface area contributed by atoms with E-state index >= 15 is 0 Å². The minimum Gasteiger partial charge on any atom is -0.483 e. The molecule has 5 heteroatoms. The summed E-state index contributed by atoms with van der Waals surface area (Å²) in [5.41, 5.74) is 2.23. The van der Waals surface area contributed by atoms with Gasteiger partial charge in [-0.3, -0.25) is 9.59 Å². The predicted octanol–water partition coefficient (Wildman–Crippen LogP) is 2.62. The monoisotopic (exact) mass is 332 g/mol. The van der Waals surface area contributed by atoms with Crippen LogP contribution < -0.4 is 10.1 Å². The van der Waals surface area contributed by atoms with Gasteiger partial charge in [-0.1, -0.05) is 26.0 Å². The number of benzene rings is 1. The van der Waals surface area contributed by atoms with Crippen LogP contribution in [0.2, 0.25) is 0 Å². The largest absolute Gasteiger partial charge is 0.483 e. The number of piperidine rings is 1. The molecule has 0 saturated carbocycles. The molecule has 1 aliphatic rings. The third-order valence-corrected chi connectivity index (χ3v) is 4.54. The molecule has 0 spiro atoms. The molecular formula is C19H28N2O3. The van der Waals surface area contributed by atoms with Crippen LogP contribution in [0.4, 0.5) is 0 Å². The predicted molar refractivity (Wildman–Crippen MR) is 94.2 cm³/mol. The highest BCUT2D eigenvalue weighted by Crippen LogP contribution is 2.24. The zero-order valence-corrected chi connectivity index (χ0v) is 15.1. The van der Waals surface area contributed by atoms with Gasteiger partial charge in [0.25, 0.3) is 5.91 Å². The van der Waals surface area contributed by atoms with Crippen molar-refractivity contribution in [3.05, 3.63) is 29.3 Å². The number of nitrogens with one attached hydrogen (secondary N) is 1. The van der Waals surface area contributed by atoms with Crippen molar-refractivity contribution in [1.82, 2.24) is 10.2 Å². The van der Waals surface area contributed by atoms with Crippen molar-refractivity contribution >= 4 is 11.8 Å². The molecule has 0 radical (unpaired) electrons. The van der Waals surface area contributed by atoms with Crippen molar-refractivity contribution in [2.45, 2.75) is 52.5 Å². The molecule has 0 aromatic heterocycles. The van der Waals surface area contributed by atoms with Gasteiger partial charge in [-0.05, 0) is 42.9 Å². The van der Waals surface area contributed by atoms with Crippen molar-refractivity contribution in [3.8, 4) is 5.75 Å². The summed E-state index contributed by atoms with van der Waals surface area (Å²) >= 11 is 0. The molecule has 5 nitrogen and oxygen atoms in total. The Bertz CT molecular complexity index is 590. The van der Waals surface area contributed by atoms with Gasteiger partial charge in [-0.25, -0.2) is 0 Å². The molecule has 0 atom stereocenters. The Labute approximate surface area is 144 Å². The molecule has 0 bridgehead atoms. The van der Waals surface area contributed by atoms with Gasteiger partial charge in [0, 0.05) is 26.1 Å². The average Bonchev–Trinajstić information content (AvgIpc) is 2.54. The lowest BCUT2D eigenvalue weighted by Gasteiger charge is -2.31. The van der Waals surface area contributed by atoms with Crippen LogP contribution in [-0.4, -0.2) is 42.5 Å². The summed E-state index contributed by atoms with van der Waals surface area (Å²) in [7, 11) is 0. The molecule has 1 N–H and O–H groups in total. The second-order valence-electron chi connectivity index (χ2n) is 6.82. The van der Waals surface area contributed by atoms with E-state index in [1.165, 1.54) is 5.56 Å². The Morgan fingerprint density at radius 2 is 1.96 bits per heavy atom. The van der Waals surface area contributed by atoms with E-state index in [1.54, 1.807) is 6.92 Å². The average molecular weight is 332 g/mol. The van der Waals surface area contributed by atoms with Crippen molar-refractivity contribution in [3.63, 3.8) is 0 Å². The second-order valence-corrected chi connectivity index (χ2v) is 6.82. The van der Waals surface area contributed by atoms with Gasteiger partial charge in [0.1, 0.15) is 5.75 Å². The standard InChI is InChI=1S/C19H28N2O3/c1-13(2)16-6-5-14(3)18(11-16)24-12-19(23)20-17-7-9-21(10-8-17)15(4)22/h5-6,11,13,17H,7-10,12H2,1-4H3,(H,20,23). The van der Waals surface area contributed by atoms with Gasteiger partial charge < -0.3 is 15.0 Å². The lowest BCUT2D eigenvalue weighted by atomic mass is 10.0. The smallest absolute Gasteiger partial charge is 0.258 e. The lowest BCUT2D eigenvalue weighted by molar-refractivity contribution is -0.130. The second kappa shape index (κ2) is 8.18. The fourth-order valence-corrected chi connectivity index (χ4v) is 2.88. The first-order valence-corrected chi connectivity index (χ1v) is 8.65. The fraction of sp³-hybridized carbons (Fsp3) is 0.579. The zero-order chi connectivity index (χ0) is 17.7. The van der Waals surface area contributed by atoms with Crippen molar-refractivity contribution in [1.29, 1.82) is 0 Å². The first-order valence-electron chi connectivity index (χ1n) is 8.65. The summed E-state index contributed by atoms with van der Waals surface area (Å²) in [5, 5.41) is 3.00. The number of carbonyl (C=O) groups is 2. The SMILES string of the molecule is CC(=O)N1CCC(NC(=O)COc2cc(C(C)C)ccc2C)CC1. The molecule has 0 unspecified atom stereocenters. The molecular weight excluding hydrogens is 304 g/mol. The van der Waals surface area contributed by atoms with Crippen LogP contribution in [0.15, 0.2) is 18.2 Å². The number of rotatable bonds is 5. The summed E-state index contributed by atoms with van der Waals surface area (Å²) in [4.78, 5) is 25.2. The van der Waals surface area contributed by atoms with Gasteiger partial charge in [-0.15, -0.1) is 0 Å². The van der Waals surface area contributed by atoms with Crippen LogP contribution in [0.5, 0.6) is 5.75 Å². The van der Waals surface area contributed by atoms with Crippen molar-refractivity contribution in [2.24, 2.45) is 0 Å². The van der Waals surface area contributed by atoms with E-state index in [2.05, 4.69) is 25.2 Å². The van der Waals surface area contributed by atoms with E-state index in [-0.39, 0.29) is 24.5 Å². The Kier molecular flexibility index (Phi) is 6.23. The highest BCUT2D eigenvalue weighted by Gasteiger charge is 2.22. The highest BCUT2D eigenvalue weighted by atomic mass is 16.5. The maximum atomic E-state index is 12.1. The maximum Gasteiger partial charge on any atom is 0.258 e. The van der Waals surface area contributed by atoms with Crippen LogP contribution >= 0.6 is 0 Å². The molecule has 1 heterocycles. The van der Waals surface area contributed by atoms with E-state index in [4.69, 9.17) is 4.74 Å². The molecule has 1 aromatic rings. The molecule has 132 valence electrons. The van der Waals surface area contributed by atoms with Gasteiger partial charge in [-0.2, -0.15) is 0 Å². The first kappa shape index (κ1) is 18.3. The summed E-state index contributed by atoms with van der Waals surface area (Å²) in [6.45, 7) is 9.26. The van der Waals surface area contributed by atoms with Crippen LogP contribution in [-0.2, 0) is 9.59 Å². The maximum absolute atomic E-state index is 12.1. The highest BCUT2D eigenvalue weighted by molar-refractivity contribution is 5.78. The number of nitrogens with zero attached hydrogens (tertiary/aromatic N) is 1. The van der Waals surface area contributed by atoms with E-state index in [9.17, 15) is 9.59 Å². The first-order chi connectivity index (χ1) is 11.4. The zero-order valence-electron chi connectivity index (χ0n) is 15.1. The molecule has 24 heavy (non-hydrogen) atoms. The summed E-state index contributed by atoms with van der Waals surface area (Å²) in [6, 6.07) is 6.26. The Balaban J connectivity index is 1.82. The molecule has 2 rings (SSSR count). The van der Waals surface area contributed by atoms with Gasteiger partial charge in [0.05, 0.1) is 0 Å². The molecule has 1 aliphatic heterocycles. The number of carbonyl (C=O) groups excluding carboxylic acids is 2. The molecule has 0 aliphatic carbocycles. The van der Waals surface area contributed by atoms with E-state index in [0.29, 0.717) is 19.0 Å². The lowest BCUT2D eigenvalue weighted by Crippen LogP contribution is -2.47. The quantitative estimate of drug-likeness (QED) is 0.902. The number of aryl methyl sites for hydroxylation is 1. The molecule has 1 saturated heterocycles. The van der Waals surface area contributed by atoms with Gasteiger partial charge >= 0.3 is 0 Å². The van der Waals surface area contributed by atoms with Crippen molar-refractivity contribution in [2.75, 3.05) is 19.7 Å². The van der Waals surface area contributed by atoms with Crippen LogP contribution in [0, 0.1) is 6.92 Å². The topological polar surface area (TPSA) is 58.6 Å². The third kappa shape index (κ3) is 4.98. The molecule has 2 amide bonds. The van der Waals surface area contributed by atoms with Crippen molar-refractivity contribution < 1.29 is 14.3 Å². The van der Waals surface area contributed by atoms with Crippen LogP contribution in [0.25, 0.3) is 0 Å². The Morgan fingerprint density at radius 3 is 2.54 bits per heavy atom. The molecule has 1 fully saturated rings. The summed E-state index contributed by atoms with van der Waals surface area (Å²) < 4.78 is 5.71. The molecule has 1 aromatic carbocycles. The number of ether oxygens (including phenoxy) is 1. The summed E-state index contributed by atoms with van der Waals surface area (Å²) in [6.07, 6.45) is 1.60. The Morgan fingerprint density at radius 1 is 1.29 bits per heavy atom. The summed E-state index contributed by atoms with van der Waals surface area (Å²) in [5.74, 6) is 1.19. The normalized spacial score (nSPS) is 15.5. The van der Waals surface area contributed by atoms with Crippen LogP contribution in [0.3, 0.4) is 0 Å². The number of hydrogen-bond donors (Lipinski definition) is 1. The number of hydrogen-bond acceptors (Lipinski definition) is 3. The minimum absolute atomic E-state index is 0.0231. The third-order valence-electron chi connectivity index (χ3n) is 4.54. The number of amides is 2. The number of likely N-dealkylation sites (tertiary alicyclic amines) is 1. The van der Waals surface area contributed by atoms with E-state index in [1.807, 2.05) is 24.0 Å². The fourth-order valence-electron chi connectivity index (χ4n) is 2.88. The van der Waals surface area contributed by atoms with Gasteiger partial charge in [0.2, 0.25) is 5.91 Å². The van der Waals surface area contributed by atoms with Gasteiger partial charge in [0.15, 0.2) is 6.61 Å². The van der Waals surface area contributed by atoms with E-state index in [0.717, 1.165) is 24.2 Å². The minimum atomic E-state index is -0.106. The van der Waals surface area contributed by atoms with Crippen LogP contribution in [0.1, 0.15) is 50.7 Å².